The zero-order chi connectivity index (χ0) is 12.3. The highest BCUT2D eigenvalue weighted by Crippen LogP contribution is 2.29. The molecule has 0 saturated carbocycles. The van der Waals surface area contributed by atoms with Crippen LogP contribution in [-0.2, 0) is 6.42 Å². The molecule has 0 aliphatic heterocycles. The Morgan fingerprint density at radius 1 is 0.941 bits per heavy atom. The van der Waals surface area contributed by atoms with Gasteiger partial charge in [0.1, 0.15) is 0 Å². The van der Waals surface area contributed by atoms with Gasteiger partial charge in [-0.1, -0.05) is 43.7 Å². The molecule has 0 aliphatic rings. The van der Waals surface area contributed by atoms with Crippen molar-refractivity contribution in [3.8, 4) is 11.1 Å². The van der Waals surface area contributed by atoms with Gasteiger partial charge in [0.2, 0.25) is 0 Å². The van der Waals surface area contributed by atoms with E-state index in [2.05, 4.69) is 25.1 Å². The second kappa shape index (κ2) is 4.91. The van der Waals surface area contributed by atoms with E-state index in [1.165, 1.54) is 5.56 Å². The molecule has 2 aromatic rings. The fourth-order valence-corrected chi connectivity index (χ4v) is 2.01. The molecular weight excluding hydrogens is 208 g/mol. The van der Waals surface area contributed by atoms with Crippen molar-refractivity contribution in [3.05, 3.63) is 48.0 Å². The largest absolute Gasteiger partial charge is 0.399 e. The van der Waals surface area contributed by atoms with Crippen LogP contribution in [0.4, 0.5) is 11.4 Å². The number of hydrogen-bond acceptors (Lipinski definition) is 2. The highest BCUT2D eigenvalue weighted by Gasteiger charge is 2.06. The van der Waals surface area contributed by atoms with E-state index in [-0.39, 0.29) is 0 Å². The molecule has 0 unspecified atom stereocenters. The van der Waals surface area contributed by atoms with Crippen LogP contribution in [0.15, 0.2) is 42.5 Å². The van der Waals surface area contributed by atoms with Crippen LogP contribution in [0.2, 0.25) is 0 Å². The number of anilines is 2. The van der Waals surface area contributed by atoms with E-state index in [4.69, 9.17) is 11.5 Å². The maximum atomic E-state index is 6.21. The summed E-state index contributed by atoms with van der Waals surface area (Å²) in [5.41, 5.74) is 17.0. The number of nitrogens with two attached hydrogens (primary N) is 2. The molecule has 2 heteroatoms. The average Bonchev–Trinajstić information content (AvgIpc) is 2.34. The molecule has 0 atom stereocenters. The number of nitrogen functional groups attached to an aromatic ring is 2. The SMILES string of the molecule is CCCc1cccc(-c2ccc(N)cc2)c1N. The second-order valence-electron chi connectivity index (χ2n) is 4.25. The molecule has 0 heterocycles. The number of rotatable bonds is 3. The lowest BCUT2D eigenvalue weighted by atomic mass is 9.98. The quantitative estimate of drug-likeness (QED) is 0.787. The summed E-state index contributed by atoms with van der Waals surface area (Å²) in [6.07, 6.45) is 2.13. The van der Waals surface area contributed by atoms with Crippen LogP contribution in [0.3, 0.4) is 0 Å². The van der Waals surface area contributed by atoms with Gasteiger partial charge in [-0.25, -0.2) is 0 Å². The lowest BCUT2D eigenvalue weighted by Crippen LogP contribution is -1.97. The first kappa shape index (κ1) is 11.5. The van der Waals surface area contributed by atoms with Gasteiger partial charge in [0.05, 0.1) is 0 Å². The fraction of sp³-hybridized carbons (Fsp3) is 0.200. The van der Waals surface area contributed by atoms with Crippen molar-refractivity contribution in [1.29, 1.82) is 0 Å². The van der Waals surface area contributed by atoms with Crippen LogP contribution in [0.1, 0.15) is 18.9 Å². The maximum Gasteiger partial charge on any atom is 0.0426 e. The van der Waals surface area contributed by atoms with Crippen molar-refractivity contribution in [2.75, 3.05) is 11.5 Å². The van der Waals surface area contributed by atoms with Crippen LogP contribution < -0.4 is 11.5 Å². The minimum absolute atomic E-state index is 0.775. The molecule has 0 aliphatic carbocycles. The number of aryl methyl sites for hydroxylation is 1. The molecule has 0 aromatic heterocycles. The lowest BCUT2D eigenvalue weighted by Gasteiger charge is -2.10. The summed E-state index contributed by atoms with van der Waals surface area (Å²) < 4.78 is 0. The first-order chi connectivity index (χ1) is 8.22. The first-order valence-electron chi connectivity index (χ1n) is 5.95. The first-order valence-corrected chi connectivity index (χ1v) is 5.95. The molecule has 0 bridgehead atoms. The number of benzene rings is 2. The fourth-order valence-electron chi connectivity index (χ4n) is 2.01. The summed E-state index contributed by atoms with van der Waals surface area (Å²) in [6, 6.07) is 14.0. The van der Waals surface area contributed by atoms with Gasteiger partial charge in [-0.2, -0.15) is 0 Å². The Morgan fingerprint density at radius 3 is 2.29 bits per heavy atom. The number of para-hydroxylation sites is 1. The third-order valence-corrected chi connectivity index (χ3v) is 2.94. The highest BCUT2D eigenvalue weighted by molar-refractivity contribution is 5.79. The normalized spacial score (nSPS) is 10.4. The topological polar surface area (TPSA) is 52.0 Å². The van der Waals surface area contributed by atoms with Gasteiger partial charge in [0.15, 0.2) is 0 Å². The molecule has 17 heavy (non-hydrogen) atoms. The summed E-state index contributed by atoms with van der Waals surface area (Å²) in [6.45, 7) is 2.16. The van der Waals surface area contributed by atoms with E-state index in [1.54, 1.807) is 0 Å². The van der Waals surface area contributed by atoms with Gasteiger partial charge < -0.3 is 11.5 Å². The lowest BCUT2D eigenvalue weighted by molar-refractivity contribution is 0.925. The summed E-state index contributed by atoms with van der Waals surface area (Å²) in [7, 11) is 0. The van der Waals surface area contributed by atoms with E-state index in [9.17, 15) is 0 Å². The average molecular weight is 226 g/mol. The van der Waals surface area contributed by atoms with Crippen LogP contribution in [0.5, 0.6) is 0 Å². The van der Waals surface area contributed by atoms with Crippen molar-refractivity contribution in [2.24, 2.45) is 0 Å². The Kier molecular flexibility index (Phi) is 3.33. The van der Waals surface area contributed by atoms with Gasteiger partial charge in [-0.05, 0) is 29.7 Å². The predicted octanol–water partition coefficient (Wildman–Crippen LogP) is 3.47. The molecule has 0 radical (unpaired) electrons. The zero-order valence-electron chi connectivity index (χ0n) is 10.1. The smallest absolute Gasteiger partial charge is 0.0426 e. The molecule has 2 aromatic carbocycles. The highest BCUT2D eigenvalue weighted by atomic mass is 14.6. The van der Waals surface area contributed by atoms with Crippen LogP contribution in [0, 0.1) is 0 Å². The monoisotopic (exact) mass is 226 g/mol. The minimum Gasteiger partial charge on any atom is -0.399 e. The van der Waals surface area contributed by atoms with Crippen LogP contribution in [0.25, 0.3) is 11.1 Å². The molecular formula is C15H18N2. The van der Waals surface area contributed by atoms with Crippen molar-refractivity contribution in [1.82, 2.24) is 0 Å². The predicted molar refractivity (Wildman–Crippen MR) is 74.7 cm³/mol. The molecule has 2 rings (SSSR count). The summed E-state index contributed by atoms with van der Waals surface area (Å²) in [5.74, 6) is 0. The van der Waals surface area contributed by atoms with Crippen molar-refractivity contribution >= 4 is 11.4 Å². The molecule has 88 valence electrons. The van der Waals surface area contributed by atoms with E-state index in [0.717, 1.165) is 35.3 Å². The third kappa shape index (κ3) is 2.41. The third-order valence-electron chi connectivity index (χ3n) is 2.94. The van der Waals surface area contributed by atoms with Gasteiger partial charge >= 0.3 is 0 Å². The van der Waals surface area contributed by atoms with Gasteiger partial charge in [0.25, 0.3) is 0 Å². The summed E-state index contributed by atoms with van der Waals surface area (Å²) >= 11 is 0. The van der Waals surface area contributed by atoms with E-state index >= 15 is 0 Å². The Balaban J connectivity index is 2.45. The van der Waals surface area contributed by atoms with Gasteiger partial charge in [-0.3, -0.25) is 0 Å². The van der Waals surface area contributed by atoms with Gasteiger partial charge in [0, 0.05) is 16.9 Å². The summed E-state index contributed by atoms with van der Waals surface area (Å²) in [4.78, 5) is 0. The Bertz CT molecular complexity index is 501. The van der Waals surface area contributed by atoms with Crippen LogP contribution >= 0.6 is 0 Å². The minimum atomic E-state index is 0.775. The molecule has 0 spiro atoms. The van der Waals surface area contributed by atoms with E-state index in [1.807, 2.05) is 24.3 Å². The van der Waals surface area contributed by atoms with Crippen molar-refractivity contribution < 1.29 is 0 Å². The molecule has 0 saturated heterocycles. The molecule has 0 fully saturated rings. The Morgan fingerprint density at radius 2 is 1.65 bits per heavy atom. The molecule has 0 amide bonds. The summed E-state index contributed by atoms with van der Waals surface area (Å²) in [5, 5.41) is 0. The van der Waals surface area contributed by atoms with Crippen molar-refractivity contribution in [2.45, 2.75) is 19.8 Å². The maximum absolute atomic E-state index is 6.21. The van der Waals surface area contributed by atoms with Gasteiger partial charge in [-0.15, -0.1) is 0 Å². The molecule has 4 N–H and O–H groups in total. The second-order valence-corrected chi connectivity index (χ2v) is 4.25. The Labute approximate surface area is 102 Å². The van der Waals surface area contributed by atoms with E-state index in [0.29, 0.717) is 0 Å². The molecule has 2 nitrogen and oxygen atoms in total. The van der Waals surface area contributed by atoms with Crippen molar-refractivity contribution in [3.63, 3.8) is 0 Å². The zero-order valence-corrected chi connectivity index (χ0v) is 10.1. The van der Waals surface area contributed by atoms with E-state index < -0.39 is 0 Å². The number of hydrogen-bond donors (Lipinski definition) is 2. The Hall–Kier alpha value is -1.96. The van der Waals surface area contributed by atoms with Crippen LogP contribution in [-0.4, -0.2) is 0 Å². The standard InChI is InChI=1S/C15H18N2/c1-2-4-12-5-3-6-14(15(12)17)11-7-9-13(16)10-8-11/h3,5-10H,2,4,16-17H2,1H3.